The predicted molar refractivity (Wildman–Crippen MR) is 73.0 cm³/mol. The summed E-state index contributed by atoms with van der Waals surface area (Å²) in [6.45, 7) is 4.05. The molecule has 0 aliphatic heterocycles. The molecule has 1 atom stereocenters. The lowest BCUT2D eigenvalue weighted by atomic mass is 9.87. The van der Waals surface area contributed by atoms with E-state index < -0.39 is 0 Å². The Bertz CT molecular complexity index is 558. The van der Waals surface area contributed by atoms with Crippen LogP contribution in [-0.2, 0) is 11.2 Å². The van der Waals surface area contributed by atoms with Gasteiger partial charge in [0.2, 0.25) is 5.91 Å². The number of benzene rings is 1. The number of nitrogens with zero attached hydrogens (tertiary/aromatic N) is 1. The third-order valence-electron chi connectivity index (χ3n) is 3.35. The van der Waals surface area contributed by atoms with Crippen LogP contribution in [-0.4, -0.2) is 10.9 Å². The van der Waals surface area contributed by atoms with E-state index in [0.717, 1.165) is 16.5 Å². The van der Waals surface area contributed by atoms with Crippen LogP contribution in [0.5, 0.6) is 0 Å². The maximum atomic E-state index is 11.5. The van der Waals surface area contributed by atoms with E-state index in [4.69, 9.17) is 5.73 Å². The van der Waals surface area contributed by atoms with Crippen LogP contribution >= 0.6 is 0 Å². The molecule has 94 valence electrons. The maximum absolute atomic E-state index is 11.5. The van der Waals surface area contributed by atoms with Gasteiger partial charge in [0.25, 0.3) is 0 Å². The molecule has 0 saturated heterocycles. The number of primary amides is 1. The van der Waals surface area contributed by atoms with Crippen LogP contribution < -0.4 is 5.73 Å². The second kappa shape index (κ2) is 5.17. The van der Waals surface area contributed by atoms with E-state index in [9.17, 15) is 4.79 Å². The molecule has 2 aromatic rings. The summed E-state index contributed by atoms with van der Waals surface area (Å²) < 4.78 is 0. The Hall–Kier alpha value is -1.90. The number of hydrogen-bond donors (Lipinski definition) is 1. The number of rotatable bonds is 4. The zero-order chi connectivity index (χ0) is 13.1. The fourth-order valence-corrected chi connectivity index (χ4v) is 2.25. The molecule has 0 aliphatic rings. The van der Waals surface area contributed by atoms with E-state index in [2.05, 4.69) is 4.98 Å². The first-order valence-electron chi connectivity index (χ1n) is 6.21. The van der Waals surface area contributed by atoms with Gasteiger partial charge in [-0.1, -0.05) is 32.0 Å². The van der Waals surface area contributed by atoms with Gasteiger partial charge in [0.15, 0.2) is 0 Å². The standard InChI is InChI=1S/C15H18N2O/c1-10(2)13(15(16)18)9-11-5-3-7-14-12(11)6-4-8-17-14/h3-8,10,13H,9H2,1-2H3,(H2,16,18). The molecule has 1 heterocycles. The second-order valence-electron chi connectivity index (χ2n) is 4.94. The van der Waals surface area contributed by atoms with Gasteiger partial charge in [-0.3, -0.25) is 9.78 Å². The highest BCUT2D eigenvalue weighted by molar-refractivity contribution is 5.83. The van der Waals surface area contributed by atoms with Gasteiger partial charge in [0.05, 0.1) is 5.52 Å². The Balaban J connectivity index is 2.39. The normalized spacial score (nSPS) is 12.8. The molecule has 0 radical (unpaired) electrons. The maximum Gasteiger partial charge on any atom is 0.221 e. The van der Waals surface area contributed by atoms with Crippen molar-refractivity contribution in [3.05, 3.63) is 42.1 Å². The number of fused-ring (bicyclic) bond motifs is 1. The lowest BCUT2D eigenvalue weighted by molar-refractivity contribution is -0.123. The SMILES string of the molecule is CC(C)C(Cc1cccc2ncccc12)C(N)=O. The fourth-order valence-electron chi connectivity index (χ4n) is 2.25. The van der Waals surface area contributed by atoms with E-state index in [1.165, 1.54) is 0 Å². The van der Waals surface area contributed by atoms with E-state index in [-0.39, 0.29) is 17.7 Å². The van der Waals surface area contributed by atoms with E-state index >= 15 is 0 Å². The average molecular weight is 242 g/mol. The van der Waals surface area contributed by atoms with Gasteiger partial charge in [-0.05, 0) is 30.0 Å². The van der Waals surface area contributed by atoms with Gasteiger partial charge in [-0.25, -0.2) is 0 Å². The zero-order valence-corrected chi connectivity index (χ0v) is 10.8. The van der Waals surface area contributed by atoms with E-state index in [0.29, 0.717) is 6.42 Å². The van der Waals surface area contributed by atoms with Crippen molar-refractivity contribution in [2.45, 2.75) is 20.3 Å². The molecule has 2 N–H and O–H groups in total. The second-order valence-corrected chi connectivity index (χ2v) is 4.94. The third-order valence-corrected chi connectivity index (χ3v) is 3.35. The molecule has 0 spiro atoms. The molecule has 0 bridgehead atoms. The minimum absolute atomic E-state index is 0.129. The Kier molecular flexibility index (Phi) is 3.60. The van der Waals surface area contributed by atoms with Crippen LogP contribution in [0.3, 0.4) is 0 Å². The summed E-state index contributed by atoms with van der Waals surface area (Å²) in [6, 6.07) is 9.95. The first-order valence-corrected chi connectivity index (χ1v) is 6.21. The highest BCUT2D eigenvalue weighted by Gasteiger charge is 2.20. The largest absolute Gasteiger partial charge is 0.369 e. The average Bonchev–Trinajstić information content (AvgIpc) is 2.35. The van der Waals surface area contributed by atoms with Crippen LogP contribution in [0.1, 0.15) is 19.4 Å². The molecule has 1 aromatic heterocycles. The lowest BCUT2D eigenvalue weighted by Gasteiger charge is -2.18. The summed E-state index contributed by atoms with van der Waals surface area (Å²) in [7, 11) is 0. The van der Waals surface area contributed by atoms with Gasteiger partial charge in [0.1, 0.15) is 0 Å². The molecule has 18 heavy (non-hydrogen) atoms. The Morgan fingerprint density at radius 1 is 1.28 bits per heavy atom. The monoisotopic (exact) mass is 242 g/mol. The van der Waals surface area contributed by atoms with Gasteiger partial charge < -0.3 is 5.73 Å². The summed E-state index contributed by atoms with van der Waals surface area (Å²) in [5.74, 6) is -0.115. The number of carbonyl (C=O) groups excluding carboxylic acids is 1. The molecule has 0 fully saturated rings. The van der Waals surface area contributed by atoms with Crippen LogP contribution in [0.4, 0.5) is 0 Å². The minimum atomic E-state index is -0.231. The molecule has 1 unspecified atom stereocenters. The first kappa shape index (κ1) is 12.6. The third kappa shape index (κ3) is 2.50. The van der Waals surface area contributed by atoms with Crippen molar-refractivity contribution in [1.29, 1.82) is 0 Å². The summed E-state index contributed by atoms with van der Waals surface area (Å²) in [4.78, 5) is 15.8. The number of pyridine rings is 1. The molecule has 0 saturated carbocycles. The number of nitrogens with two attached hydrogens (primary N) is 1. The van der Waals surface area contributed by atoms with E-state index in [1.54, 1.807) is 6.20 Å². The number of aromatic nitrogens is 1. The molecule has 3 heteroatoms. The first-order chi connectivity index (χ1) is 8.59. The smallest absolute Gasteiger partial charge is 0.221 e. The van der Waals surface area contributed by atoms with Crippen molar-refractivity contribution >= 4 is 16.8 Å². The predicted octanol–water partition coefficient (Wildman–Crippen LogP) is 2.53. The summed E-state index contributed by atoms with van der Waals surface area (Å²) in [6.07, 6.45) is 2.45. The number of carbonyl (C=O) groups is 1. The molecule has 1 aromatic carbocycles. The van der Waals surface area contributed by atoms with Crippen molar-refractivity contribution in [1.82, 2.24) is 4.98 Å². The van der Waals surface area contributed by atoms with Crippen molar-refractivity contribution in [2.24, 2.45) is 17.6 Å². The Morgan fingerprint density at radius 3 is 2.72 bits per heavy atom. The molecule has 0 aliphatic carbocycles. The van der Waals surface area contributed by atoms with Gasteiger partial charge >= 0.3 is 0 Å². The molecule has 3 nitrogen and oxygen atoms in total. The summed E-state index contributed by atoms with van der Waals surface area (Å²) >= 11 is 0. The number of amides is 1. The van der Waals surface area contributed by atoms with Crippen LogP contribution in [0.2, 0.25) is 0 Å². The molecular weight excluding hydrogens is 224 g/mol. The fraction of sp³-hybridized carbons (Fsp3) is 0.333. The highest BCUT2D eigenvalue weighted by atomic mass is 16.1. The van der Waals surface area contributed by atoms with E-state index in [1.807, 2.05) is 44.2 Å². The molecular formula is C15H18N2O. The Morgan fingerprint density at radius 2 is 2.06 bits per heavy atom. The van der Waals surface area contributed by atoms with Crippen molar-refractivity contribution in [2.75, 3.05) is 0 Å². The lowest BCUT2D eigenvalue weighted by Crippen LogP contribution is -2.29. The highest BCUT2D eigenvalue weighted by Crippen LogP contribution is 2.23. The topological polar surface area (TPSA) is 56.0 Å². The zero-order valence-electron chi connectivity index (χ0n) is 10.8. The number of hydrogen-bond acceptors (Lipinski definition) is 2. The van der Waals surface area contributed by atoms with Crippen LogP contribution in [0, 0.1) is 11.8 Å². The van der Waals surface area contributed by atoms with Crippen molar-refractivity contribution in [3.63, 3.8) is 0 Å². The Labute approximate surface area is 107 Å². The minimum Gasteiger partial charge on any atom is -0.369 e. The van der Waals surface area contributed by atoms with Crippen LogP contribution in [0.25, 0.3) is 10.9 Å². The van der Waals surface area contributed by atoms with Gasteiger partial charge in [-0.15, -0.1) is 0 Å². The van der Waals surface area contributed by atoms with Crippen molar-refractivity contribution in [3.8, 4) is 0 Å². The van der Waals surface area contributed by atoms with Gasteiger partial charge in [-0.2, -0.15) is 0 Å². The van der Waals surface area contributed by atoms with Crippen LogP contribution in [0.15, 0.2) is 36.5 Å². The summed E-state index contributed by atoms with van der Waals surface area (Å²) in [5.41, 5.74) is 7.57. The molecule has 2 rings (SSSR count). The van der Waals surface area contributed by atoms with Crippen molar-refractivity contribution < 1.29 is 4.79 Å². The van der Waals surface area contributed by atoms with Gasteiger partial charge in [0, 0.05) is 17.5 Å². The quantitative estimate of drug-likeness (QED) is 0.895. The summed E-state index contributed by atoms with van der Waals surface area (Å²) in [5, 5.41) is 1.10. The molecule has 1 amide bonds.